The number of nitrogens with zero attached hydrogens (tertiary/aromatic N) is 2. The van der Waals surface area contributed by atoms with Gasteiger partial charge in [0.05, 0.1) is 31.0 Å². The molecule has 0 bridgehead atoms. The third-order valence-corrected chi connectivity index (χ3v) is 7.64. The zero-order valence-corrected chi connectivity index (χ0v) is 18.4. The first-order valence-electron chi connectivity index (χ1n) is 8.92. The minimum absolute atomic E-state index is 0.0964. The van der Waals surface area contributed by atoms with Crippen molar-refractivity contribution in [3.8, 4) is 5.75 Å². The maximum atomic E-state index is 12.8. The van der Waals surface area contributed by atoms with Crippen LogP contribution in [0, 0.1) is 12.8 Å². The van der Waals surface area contributed by atoms with E-state index in [0.29, 0.717) is 10.1 Å². The molecule has 1 aromatic carbocycles. The molecule has 1 unspecified atom stereocenters. The molecular formula is C17H20N4O8S2. The van der Waals surface area contributed by atoms with Gasteiger partial charge in [-0.1, -0.05) is 12.1 Å². The Bertz CT molecular complexity index is 1240. The van der Waals surface area contributed by atoms with Crippen LogP contribution in [0.2, 0.25) is 0 Å². The monoisotopic (exact) mass is 472 g/mol. The van der Waals surface area contributed by atoms with Crippen molar-refractivity contribution in [2.75, 3.05) is 29.0 Å². The van der Waals surface area contributed by atoms with Gasteiger partial charge >= 0.3 is 0 Å². The number of sulfonamides is 2. The molecule has 2 N–H and O–H groups in total. The summed E-state index contributed by atoms with van der Waals surface area (Å²) in [6.45, 7) is 2.45. The van der Waals surface area contributed by atoms with Crippen molar-refractivity contribution in [3.63, 3.8) is 0 Å². The molecule has 0 aliphatic carbocycles. The Labute approximate surface area is 178 Å². The highest BCUT2D eigenvalue weighted by molar-refractivity contribution is 7.94. The average molecular weight is 473 g/mol. The number of methoxy groups -OCH3 is 1. The molecule has 0 saturated carbocycles. The number of anilines is 2. The van der Waals surface area contributed by atoms with Crippen LogP contribution in [-0.2, 0) is 29.6 Å². The number of hydrogen-bond acceptors (Lipinski definition) is 9. The van der Waals surface area contributed by atoms with Gasteiger partial charge in [-0.05, 0) is 25.1 Å². The number of aryl methyl sites for hydroxylation is 1. The maximum Gasteiger partial charge on any atom is 0.244 e. The van der Waals surface area contributed by atoms with Crippen LogP contribution in [0.3, 0.4) is 0 Å². The summed E-state index contributed by atoms with van der Waals surface area (Å²) in [6.07, 6.45) is 0. The second kappa shape index (κ2) is 8.28. The highest BCUT2D eigenvalue weighted by Crippen LogP contribution is 2.33. The lowest BCUT2D eigenvalue weighted by Gasteiger charge is -2.18. The van der Waals surface area contributed by atoms with Gasteiger partial charge in [0, 0.05) is 6.07 Å². The quantitative estimate of drug-likeness (QED) is 0.573. The van der Waals surface area contributed by atoms with Crippen LogP contribution in [0.4, 0.5) is 11.5 Å². The summed E-state index contributed by atoms with van der Waals surface area (Å²) in [6, 6.07) is 4.96. The van der Waals surface area contributed by atoms with Crippen LogP contribution in [-0.4, -0.2) is 53.2 Å². The summed E-state index contributed by atoms with van der Waals surface area (Å²) in [5.41, 5.74) is -0.141. The Morgan fingerprint density at radius 1 is 1.35 bits per heavy atom. The zero-order chi connectivity index (χ0) is 23.0. The van der Waals surface area contributed by atoms with Gasteiger partial charge in [0.25, 0.3) is 0 Å². The fraction of sp³-hybridized carbons (Fsp3) is 0.353. The largest absolute Gasteiger partial charge is 0.495 e. The Balaban J connectivity index is 1.85. The second-order valence-corrected chi connectivity index (χ2v) is 10.4. The van der Waals surface area contributed by atoms with Gasteiger partial charge in [-0.3, -0.25) is 9.59 Å². The molecule has 1 aromatic heterocycles. The fourth-order valence-corrected chi connectivity index (χ4v) is 5.92. The maximum absolute atomic E-state index is 12.8. The molecule has 2 aromatic rings. The van der Waals surface area contributed by atoms with Gasteiger partial charge in [-0.15, -0.1) is 0 Å². The molecular weight excluding hydrogens is 452 g/mol. The number of carbonyl (C=O) groups is 2. The number of hydrogen-bond donors (Lipinski definition) is 2. The van der Waals surface area contributed by atoms with Crippen LogP contribution in [0.1, 0.15) is 12.7 Å². The summed E-state index contributed by atoms with van der Waals surface area (Å²) >= 11 is 0. The van der Waals surface area contributed by atoms with Gasteiger partial charge in [0.2, 0.25) is 31.9 Å². The van der Waals surface area contributed by atoms with Crippen LogP contribution in [0.15, 0.2) is 33.7 Å². The summed E-state index contributed by atoms with van der Waals surface area (Å²) in [7, 11) is -7.02. The third kappa shape index (κ3) is 4.70. The lowest BCUT2D eigenvalue weighted by atomic mass is 10.2. The lowest BCUT2D eigenvalue weighted by Crippen LogP contribution is -2.34. The standard InChI is InChI=1S/C17H20N4O8S2/c1-10-9-30(24,25)21(17(10)23)12-4-5-13(28-3)14(7-12)31(26,27)18-8-16(22)19-15-6-11(2)29-20-15/h4-7,10,18H,8-9H2,1-3H3,(H,19,20,22). The van der Waals surface area contributed by atoms with Gasteiger partial charge in [0.1, 0.15) is 16.4 Å². The van der Waals surface area contributed by atoms with Crippen LogP contribution in [0.5, 0.6) is 5.75 Å². The first-order chi connectivity index (χ1) is 14.4. The van der Waals surface area contributed by atoms with Crippen LogP contribution < -0.4 is 19.1 Å². The Morgan fingerprint density at radius 2 is 2.06 bits per heavy atom. The first kappa shape index (κ1) is 22.7. The SMILES string of the molecule is COc1ccc(N2C(=O)C(C)CS2(=O)=O)cc1S(=O)(=O)NCC(=O)Nc1cc(C)on1. The van der Waals surface area contributed by atoms with Crippen LogP contribution >= 0.6 is 0 Å². The minimum atomic E-state index is -4.32. The van der Waals surface area contributed by atoms with Gasteiger partial charge < -0.3 is 14.6 Å². The molecule has 2 heterocycles. The molecule has 12 nitrogen and oxygen atoms in total. The normalized spacial score (nSPS) is 18.2. The molecule has 0 radical (unpaired) electrons. The minimum Gasteiger partial charge on any atom is -0.495 e. The topological polar surface area (TPSA) is 165 Å². The molecule has 1 atom stereocenters. The fourth-order valence-electron chi connectivity index (χ4n) is 2.94. The molecule has 14 heteroatoms. The molecule has 31 heavy (non-hydrogen) atoms. The highest BCUT2D eigenvalue weighted by atomic mass is 32.2. The van der Waals surface area contributed by atoms with E-state index in [2.05, 4.69) is 15.2 Å². The molecule has 1 aliphatic rings. The van der Waals surface area contributed by atoms with E-state index in [1.807, 2.05) is 0 Å². The second-order valence-electron chi connectivity index (χ2n) is 6.81. The summed E-state index contributed by atoms with van der Waals surface area (Å²) in [5.74, 6) is -2.02. The van der Waals surface area contributed by atoms with Gasteiger partial charge in [0.15, 0.2) is 5.82 Å². The smallest absolute Gasteiger partial charge is 0.244 e. The summed E-state index contributed by atoms with van der Waals surface area (Å²) in [4.78, 5) is 23.9. The molecule has 2 amide bonds. The number of rotatable bonds is 7. The molecule has 0 spiro atoms. The van der Waals surface area contributed by atoms with Crippen molar-refractivity contribution in [2.24, 2.45) is 5.92 Å². The van der Waals surface area contributed by atoms with E-state index in [4.69, 9.17) is 9.26 Å². The van der Waals surface area contributed by atoms with E-state index in [1.165, 1.54) is 32.2 Å². The number of amides is 2. The lowest BCUT2D eigenvalue weighted by molar-refractivity contribution is -0.119. The number of carbonyl (C=O) groups excluding carboxylic acids is 2. The Morgan fingerprint density at radius 3 is 2.61 bits per heavy atom. The van der Waals surface area contributed by atoms with E-state index in [-0.39, 0.29) is 23.0 Å². The number of benzene rings is 1. The van der Waals surface area contributed by atoms with Crippen molar-refractivity contribution in [2.45, 2.75) is 18.7 Å². The van der Waals surface area contributed by atoms with E-state index in [0.717, 1.165) is 6.07 Å². The Kier molecular flexibility index (Phi) is 6.07. The third-order valence-electron chi connectivity index (χ3n) is 4.35. The van der Waals surface area contributed by atoms with E-state index in [9.17, 15) is 26.4 Å². The number of aromatic nitrogens is 1. The predicted octanol–water partition coefficient (Wildman–Crippen LogP) is 0.221. The van der Waals surface area contributed by atoms with Crippen molar-refractivity contribution in [1.82, 2.24) is 9.88 Å². The zero-order valence-electron chi connectivity index (χ0n) is 16.8. The van der Waals surface area contributed by atoms with Crippen molar-refractivity contribution in [3.05, 3.63) is 30.0 Å². The van der Waals surface area contributed by atoms with E-state index >= 15 is 0 Å². The van der Waals surface area contributed by atoms with Crippen molar-refractivity contribution < 1.29 is 35.7 Å². The summed E-state index contributed by atoms with van der Waals surface area (Å²) in [5, 5.41) is 5.93. The first-order valence-corrected chi connectivity index (χ1v) is 12.0. The molecule has 1 fully saturated rings. The average Bonchev–Trinajstić information content (AvgIpc) is 3.18. The molecule has 168 valence electrons. The van der Waals surface area contributed by atoms with Gasteiger partial charge in [-0.2, -0.15) is 0 Å². The predicted molar refractivity (Wildman–Crippen MR) is 108 cm³/mol. The van der Waals surface area contributed by atoms with Crippen LogP contribution in [0.25, 0.3) is 0 Å². The molecule has 1 aliphatic heterocycles. The van der Waals surface area contributed by atoms with Crippen molar-refractivity contribution >= 4 is 43.4 Å². The molecule has 3 rings (SSSR count). The number of ether oxygens (including phenoxy) is 1. The number of nitrogens with one attached hydrogen (secondary N) is 2. The summed E-state index contributed by atoms with van der Waals surface area (Å²) < 4.78 is 62.8. The Hall–Kier alpha value is -2.97. The van der Waals surface area contributed by atoms with Crippen molar-refractivity contribution in [1.29, 1.82) is 0 Å². The highest BCUT2D eigenvalue weighted by Gasteiger charge is 2.42. The molecule has 1 saturated heterocycles. The van der Waals surface area contributed by atoms with E-state index in [1.54, 1.807) is 6.92 Å². The van der Waals surface area contributed by atoms with Gasteiger partial charge in [-0.25, -0.2) is 25.9 Å². The van der Waals surface area contributed by atoms with E-state index < -0.39 is 49.2 Å².